The maximum atomic E-state index is 5.20. The SMILES string of the molecule is COc1ccc(Nc2nc(CN[C@@H](c3ccccc3)c3cccs3)cs2)cc1. The van der Waals surface area contributed by atoms with Crippen LogP contribution in [0, 0.1) is 0 Å². The second-order valence-electron chi connectivity index (χ2n) is 6.24. The van der Waals surface area contributed by atoms with E-state index >= 15 is 0 Å². The number of hydrogen-bond donors (Lipinski definition) is 2. The molecule has 2 aromatic carbocycles. The van der Waals surface area contributed by atoms with Gasteiger partial charge in [-0.3, -0.25) is 5.32 Å². The molecule has 2 aromatic heterocycles. The van der Waals surface area contributed by atoms with Gasteiger partial charge in [0.2, 0.25) is 0 Å². The van der Waals surface area contributed by atoms with Gasteiger partial charge in [-0.15, -0.1) is 22.7 Å². The number of ether oxygens (including phenoxy) is 1. The number of nitrogens with one attached hydrogen (secondary N) is 2. The molecule has 0 saturated heterocycles. The smallest absolute Gasteiger partial charge is 0.187 e. The highest BCUT2D eigenvalue weighted by Crippen LogP contribution is 2.27. The van der Waals surface area contributed by atoms with E-state index in [0.717, 1.165) is 22.3 Å². The molecule has 0 aliphatic rings. The molecule has 142 valence electrons. The van der Waals surface area contributed by atoms with Gasteiger partial charge in [-0.2, -0.15) is 0 Å². The first-order valence-corrected chi connectivity index (χ1v) is 10.7. The van der Waals surface area contributed by atoms with Crippen LogP contribution < -0.4 is 15.4 Å². The molecule has 0 bridgehead atoms. The summed E-state index contributed by atoms with van der Waals surface area (Å²) < 4.78 is 5.20. The van der Waals surface area contributed by atoms with E-state index in [-0.39, 0.29) is 6.04 Å². The molecule has 0 fully saturated rings. The largest absolute Gasteiger partial charge is 0.497 e. The Morgan fingerprint density at radius 2 is 1.79 bits per heavy atom. The first kappa shape index (κ1) is 18.7. The quantitative estimate of drug-likeness (QED) is 0.385. The summed E-state index contributed by atoms with van der Waals surface area (Å²) in [4.78, 5) is 6.02. The van der Waals surface area contributed by atoms with Crippen molar-refractivity contribution >= 4 is 33.5 Å². The number of benzene rings is 2. The first-order valence-electron chi connectivity index (χ1n) is 8.99. The summed E-state index contributed by atoms with van der Waals surface area (Å²) in [6.07, 6.45) is 0. The molecule has 2 heterocycles. The van der Waals surface area contributed by atoms with Crippen molar-refractivity contribution in [3.8, 4) is 5.75 Å². The second kappa shape index (κ2) is 9.01. The molecule has 4 aromatic rings. The third-order valence-electron chi connectivity index (χ3n) is 4.34. The molecule has 4 nitrogen and oxygen atoms in total. The Kier molecular flexibility index (Phi) is 6.01. The molecule has 2 N–H and O–H groups in total. The lowest BCUT2D eigenvalue weighted by Gasteiger charge is -2.17. The molecular formula is C22H21N3OS2. The van der Waals surface area contributed by atoms with Crippen LogP contribution in [0.5, 0.6) is 5.75 Å². The van der Waals surface area contributed by atoms with E-state index in [9.17, 15) is 0 Å². The van der Waals surface area contributed by atoms with Crippen LogP contribution >= 0.6 is 22.7 Å². The summed E-state index contributed by atoms with van der Waals surface area (Å²) in [7, 11) is 1.67. The number of hydrogen-bond acceptors (Lipinski definition) is 6. The maximum absolute atomic E-state index is 5.20. The van der Waals surface area contributed by atoms with Crippen molar-refractivity contribution in [3.63, 3.8) is 0 Å². The number of methoxy groups -OCH3 is 1. The summed E-state index contributed by atoms with van der Waals surface area (Å²) in [6, 6.07) is 22.8. The highest BCUT2D eigenvalue weighted by atomic mass is 32.1. The highest BCUT2D eigenvalue weighted by molar-refractivity contribution is 7.13. The number of nitrogens with zero attached hydrogens (tertiary/aromatic N) is 1. The van der Waals surface area contributed by atoms with Gasteiger partial charge in [-0.25, -0.2) is 4.98 Å². The number of aromatic nitrogens is 1. The minimum Gasteiger partial charge on any atom is -0.497 e. The molecular weight excluding hydrogens is 386 g/mol. The lowest BCUT2D eigenvalue weighted by atomic mass is 10.1. The highest BCUT2D eigenvalue weighted by Gasteiger charge is 2.15. The van der Waals surface area contributed by atoms with Crippen LogP contribution in [0.3, 0.4) is 0 Å². The molecule has 0 aliphatic carbocycles. The van der Waals surface area contributed by atoms with Crippen molar-refractivity contribution in [2.24, 2.45) is 0 Å². The van der Waals surface area contributed by atoms with Crippen LogP contribution in [0.4, 0.5) is 10.8 Å². The third-order valence-corrected chi connectivity index (χ3v) is 6.08. The molecule has 0 amide bonds. The van der Waals surface area contributed by atoms with Crippen molar-refractivity contribution in [2.75, 3.05) is 12.4 Å². The average molecular weight is 408 g/mol. The molecule has 0 spiro atoms. The van der Waals surface area contributed by atoms with E-state index < -0.39 is 0 Å². The Balaban J connectivity index is 1.42. The summed E-state index contributed by atoms with van der Waals surface area (Å²) in [5, 5.41) is 12.1. The van der Waals surface area contributed by atoms with Gasteiger partial charge in [0.1, 0.15) is 5.75 Å². The van der Waals surface area contributed by atoms with Crippen LogP contribution in [0.1, 0.15) is 22.2 Å². The molecule has 0 unspecified atom stereocenters. The standard InChI is InChI=1S/C22H21N3OS2/c1-26-19-11-9-17(10-12-19)24-22-25-18(15-28-22)14-23-21(20-8-5-13-27-20)16-6-3-2-4-7-16/h2-13,15,21,23H,14H2,1H3,(H,24,25)/t21-/m0/s1. The van der Waals surface area contributed by atoms with Crippen molar-refractivity contribution in [3.05, 3.63) is 93.6 Å². The Bertz CT molecular complexity index is 982. The predicted octanol–water partition coefficient (Wildman–Crippen LogP) is 5.84. The van der Waals surface area contributed by atoms with Crippen LogP contribution in [0.25, 0.3) is 0 Å². The second-order valence-corrected chi connectivity index (χ2v) is 8.07. The summed E-state index contributed by atoms with van der Waals surface area (Å²) in [5.74, 6) is 0.843. The van der Waals surface area contributed by atoms with E-state index in [1.807, 2.05) is 30.3 Å². The van der Waals surface area contributed by atoms with Gasteiger partial charge in [0.15, 0.2) is 5.13 Å². The van der Waals surface area contributed by atoms with Crippen molar-refractivity contribution in [1.29, 1.82) is 0 Å². The van der Waals surface area contributed by atoms with Gasteiger partial charge in [0, 0.05) is 22.5 Å². The fourth-order valence-corrected chi connectivity index (χ4v) is 4.49. The minimum absolute atomic E-state index is 0.167. The van der Waals surface area contributed by atoms with Gasteiger partial charge in [-0.1, -0.05) is 36.4 Å². The van der Waals surface area contributed by atoms with Gasteiger partial charge in [-0.05, 0) is 41.3 Å². The number of thiophene rings is 1. The van der Waals surface area contributed by atoms with Gasteiger partial charge in [0.05, 0.1) is 18.8 Å². The van der Waals surface area contributed by atoms with Crippen LogP contribution in [0.2, 0.25) is 0 Å². The maximum Gasteiger partial charge on any atom is 0.187 e. The molecule has 0 saturated carbocycles. The fourth-order valence-electron chi connectivity index (χ4n) is 2.93. The lowest BCUT2D eigenvalue weighted by molar-refractivity contribution is 0.415. The zero-order chi connectivity index (χ0) is 19.2. The molecule has 1 atom stereocenters. The van der Waals surface area contributed by atoms with E-state index in [1.165, 1.54) is 10.4 Å². The van der Waals surface area contributed by atoms with Crippen molar-refractivity contribution in [1.82, 2.24) is 10.3 Å². The van der Waals surface area contributed by atoms with Gasteiger partial charge >= 0.3 is 0 Å². The van der Waals surface area contributed by atoms with Crippen LogP contribution in [-0.2, 0) is 6.54 Å². The third kappa shape index (κ3) is 4.59. The van der Waals surface area contributed by atoms with Crippen LogP contribution in [0.15, 0.2) is 77.5 Å². The summed E-state index contributed by atoms with van der Waals surface area (Å²) >= 11 is 3.38. The van der Waals surface area contributed by atoms with E-state index in [4.69, 9.17) is 9.72 Å². The van der Waals surface area contributed by atoms with Gasteiger partial charge < -0.3 is 10.1 Å². The molecule has 6 heteroatoms. The number of anilines is 2. The zero-order valence-corrected chi connectivity index (χ0v) is 17.1. The number of thiazole rings is 1. The Labute approximate surface area is 172 Å². The van der Waals surface area contributed by atoms with Crippen molar-refractivity contribution < 1.29 is 4.74 Å². The Hall–Kier alpha value is -2.67. The molecule has 4 rings (SSSR count). The average Bonchev–Trinajstić information content (AvgIpc) is 3.42. The Morgan fingerprint density at radius 1 is 0.964 bits per heavy atom. The number of rotatable bonds is 8. The molecule has 0 radical (unpaired) electrons. The predicted molar refractivity (Wildman–Crippen MR) is 118 cm³/mol. The lowest BCUT2D eigenvalue weighted by Crippen LogP contribution is -2.21. The molecule has 28 heavy (non-hydrogen) atoms. The van der Waals surface area contributed by atoms with E-state index in [2.05, 4.69) is 57.8 Å². The summed E-state index contributed by atoms with van der Waals surface area (Å²) in [6.45, 7) is 0.707. The zero-order valence-electron chi connectivity index (χ0n) is 15.5. The summed E-state index contributed by atoms with van der Waals surface area (Å²) in [5.41, 5.74) is 3.28. The molecule has 0 aliphatic heterocycles. The normalized spacial score (nSPS) is 11.9. The Morgan fingerprint density at radius 3 is 2.50 bits per heavy atom. The van der Waals surface area contributed by atoms with Gasteiger partial charge in [0.25, 0.3) is 0 Å². The monoisotopic (exact) mass is 407 g/mol. The topological polar surface area (TPSA) is 46.2 Å². The minimum atomic E-state index is 0.167. The van der Waals surface area contributed by atoms with Crippen LogP contribution in [-0.4, -0.2) is 12.1 Å². The van der Waals surface area contributed by atoms with E-state index in [1.54, 1.807) is 29.8 Å². The van der Waals surface area contributed by atoms with E-state index in [0.29, 0.717) is 6.54 Å². The van der Waals surface area contributed by atoms with Crippen molar-refractivity contribution in [2.45, 2.75) is 12.6 Å². The fraction of sp³-hybridized carbons (Fsp3) is 0.136. The first-order chi connectivity index (χ1) is 13.8.